The Balaban J connectivity index is 2.32. The van der Waals surface area contributed by atoms with Crippen molar-refractivity contribution >= 4 is 45.0 Å². The van der Waals surface area contributed by atoms with Gasteiger partial charge in [0, 0.05) is 21.9 Å². The standard InChI is InChI=1S/C13H16BrCl2NO/c14-12-9-10(16)5-6-11(12)13(18)17-8-4-2-1-3-7-15/h5-6,9H,1-4,7-8H2,(H,17,18). The van der Waals surface area contributed by atoms with Crippen LogP contribution in [-0.4, -0.2) is 18.3 Å². The summed E-state index contributed by atoms with van der Waals surface area (Å²) in [6.07, 6.45) is 4.23. The van der Waals surface area contributed by atoms with Crippen LogP contribution in [0, 0.1) is 0 Å². The summed E-state index contributed by atoms with van der Waals surface area (Å²) in [6.45, 7) is 0.691. The molecule has 0 radical (unpaired) electrons. The highest BCUT2D eigenvalue weighted by Crippen LogP contribution is 2.21. The van der Waals surface area contributed by atoms with Gasteiger partial charge in [-0.05, 0) is 47.0 Å². The largest absolute Gasteiger partial charge is 0.352 e. The van der Waals surface area contributed by atoms with E-state index in [-0.39, 0.29) is 5.91 Å². The van der Waals surface area contributed by atoms with Crippen LogP contribution in [0.2, 0.25) is 5.02 Å². The van der Waals surface area contributed by atoms with Crippen molar-refractivity contribution in [1.82, 2.24) is 5.32 Å². The second-order valence-electron chi connectivity index (χ2n) is 3.98. The molecule has 0 aliphatic heterocycles. The van der Waals surface area contributed by atoms with E-state index in [2.05, 4.69) is 21.2 Å². The fourth-order valence-electron chi connectivity index (χ4n) is 1.54. The van der Waals surface area contributed by atoms with E-state index in [1.807, 2.05) is 0 Å². The Morgan fingerprint density at radius 2 is 1.94 bits per heavy atom. The molecule has 0 heterocycles. The first-order valence-corrected chi connectivity index (χ1v) is 7.65. The number of nitrogens with one attached hydrogen (secondary N) is 1. The maximum atomic E-state index is 11.9. The molecule has 1 N–H and O–H groups in total. The number of amides is 1. The molecule has 0 aliphatic carbocycles. The zero-order valence-corrected chi connectivity index (χ0v) is 13.1. The van der Waals surface area contributed by atoms with Gasteiger partial charge >= 0.3 is 0 Å². The average molecular weight is 353 g/mol. The van der Waals surface area contributed by atoms with Crippen LogP contribution in [0.1, 0.15) is 36.0 Å². The second kappa shape index (κ2) is 8.78. The molecule has 1 amide bonds. The Morgan fingerprint density at radius 1 is 1.22 bits per heavy atom. The van der Waals surface area contributed by atoms with Gasteiger partial charge in [-0.3, -0.25) is 4.79 Å². The Kier molecular flexibility index (Phi) is 7.71. The highest BCUT2D eigenvalue weighted by Gasteiger charge is 2.09. The zero-order chi connectivity index (χ0) is 13.4. The predicted molar refractivity (Wildman–Crippen MR) is 80.7 cm³/mol. The molecule has 0 unspecified atom stereocenters. The van der Waals surface area contributed by atoms with E-state index in [0.29, 0.717) is 23.0 Å². The average Bonchev–Trinajstić information content (AvgIpc) is 2.33. The summed E-state index contributed by atoms with van der Waals surface area (Å²) in [5.41, 5.74) is 0.611. The third kappa shape index (κ3) is 5.59. The van der Waals surface area contributed by atoms with Gasteiger partial charge in [-0.2, -0.15) is 0 Å². The molecule has 0 atom stereocenters. The number of halogens is 3. The number of unbranched alkanes of at least 4 members (excludes halogenated alkanes) is 3. The number of carbonyl (C=O) groups excluding carboxylic acids is 1. The smallest absolute Gasteiger partial charge is 0.252 e. The van der Waals surface area contributed by atoms with Gasteiger partial charge in [-0.15, -0.1) is 11.6 Å². The lowest BCUT2D eigenvalue weighted by Crippen LogP contribution is -2.24. The lowest BCUT2D eigenvalue weighted by atomic mass is 10.2. The Morgan fingerprint density at radius 3 is 2.61 bits per heavy atom. The maximum absolute atomic E-state index is 11.9. The highest BCUT2D eigenvalue weighted by atomic mass is 79.9. The number of rotatable bonds is 7. The van der Waals surface area contributed by atoms with E-state index in [4.69, 9.17) is 23.2 Å². The molecule has 0 spiro atoms. The van der Waals surface area contributed by atoms with Crippen LogP contribution < -0.4 is 5.32 Å². The van der Waals surface area contributed by atoms with Gasteiger partial charge in [0.25, 0.3) is 5.91 Å². The second-order valence-corrected chi connectivity index (χ2v) is 5.65. The van der Waals surface area contributed by atoms with E-state index >= 15 is 0 Å². The molecule has 0 saturated carbocycles. The summed E-state index contributed by atoms with van der Waals surface area (Å²) < 4.78 is 0.717. The van der Waals surface area contributed by atoms with Gasteiger partial charge in [-0.1, -0.05) is 24.4 Å². The van der Waals surface area contributed by atoms with Crippen LogP contribution in [-0.2, 0) is 0 Å². The summed E-state index contributed by atoms with van der Waals surface area (Å²) >= 11 is 14.7. The van der Waals surface area contributed by atoms with Crippen LogP contribution in [0.15, 0.2) is 22.7 Å². The summed E-state index contributed by atoms with van der Waals surface area (Å²) in [7, 11) is 0. The van der Waals surface area contributed by atoms with Crippen molar-refractivity contribution in [1.29, 1.82) is 0 Å². The molecule has 2 nitrogen and oxygen atoms in total. The van der Waals surface area contributed by atoms with Crippen molar-refractivity contribution in [2.24, 2.45) is 0 Å². The van der Waals surface area contributed by atoms with E-state index in [1.165, 1.54) is 0 Å². The van der Waals surface area contributed by atoms with Gasteiger partial charge in [-0.25, -0.2) is 0 Å². The van der Waals surface area contributed by atoms with E-state index in [1.54, 1.807) is 18.2 Å². The quantitative estimate of drug-likeness (QED) is 0.562. The summed E-state index contributed by atoms with van der Waals surface area (Å²) in [5.74, 6) is 0.639. The summed E-state index contributed by atoms with van der Waals surface area (Å²) in [6, 6.07) is 5.15. The van der Waals surface area contributed by atoms with Crippen LogP contribution in [0.3, 0.4) is 0 Å². The predicted octanol–water partition coefficient (Wildman–Crippen LogP) is 4.63. The zero-order valence-electron chi connectivity index (χ0n) is 10.0. The minimum Gasteiger partial charge on any atom is -0.352 e. The molecule has 100 valence electrons. The van der Waals surface area contributed by atoms with Crippen LogP contribution in [0.5, 0.6) is 0 Å². The number of hydrogen-bond donors (Lipinski definition) is 1. The van der Waals surface area contributed by atoms with Crippen molar-refractivity contribution in [3.63, 3.8) is 0 Å². The molecule has 0 saturated heterocycles. The van der Waals surface area contributed by atoms with Gasteiger partial charge in [0.15, 0.2) is 0 Å². The first-order valence-electron chi connectivity index (χ1n) is 5.94. The molecule has 0 fully saturated rings. The van der Waals surface area contributed by atoms with Gasteiger partial charge in [0.1, 0.15) is 0 Å². The number of alkyl halides is 1. The number of carbonyl (C=O) groups is 1. The fourth-order valence-corrected chi connectivity index (χ4v) is 2.60. The highest BCUT2D eigenvalue weighted by molar-refractivity contribution is 9.10. The SMILES string of the molecule is O=C(NCCCCCCCl)c1ccc(Cl)cc1Br. The Hall–Kier alpha value is -0.250. The first-order chi connectivity index (χ1) is 8.65. The molecular weight excluding hydrogens is 337 g/mol. The molecule has 1 aromatic rings. The lowest BCUT2D eigenvalue weighted by molar-refractivity contribution is 0.0952. The van der Waals surface area contributed by atoms with Gasteiger partial charge in [0.2, 0.25) is 0 Å². The molecular formula is C13H16BrCl2NO. The molecule has 1 rings (SSSR count). The molecule has 0 aromatic heterocycles. The van der Waals surface area contributed by atoms with Crippen molar-refractivity contribution in [2.75, 3.05) is 12.4 Å². The molecule has 0 bridgehead atoms. The first kappa shape index (κ1) is 15.8. The van der Waals surface area contributed by atoms with Gasteiger partial charge < -0.3 is 5.32 Å². The van der Waals surface area contributed by atoms with E-state index in [0.717, 1.165) is 30.2 Å². The van der Waals surface area contributed by atoms with Crippen LogP contribution in [0.4, 0.5) is 0 Å². The number of benzene rings is 1. The van der Waals surface area contributed by atoms with Crippen molar-refractivity contribution < 1.29 is 4.79 Å². The topological polar surface area (TPSA) is 29.1 Å². The fraction of sp³-hybridized carbons (Fsp3) is 0.462. The maximum Gasteiger partial charge on any atom is 0.252 e. The lowest BCUT2D eigenvalue weighted by Gasteiger charge is -2.07. The van der Waals surface area contributed by atoms with Crippen molar-refractivity contribution in [2.45, 2.75) is 25.7 Å². The van der Waals surface area contributed by atoms with Crippen molar-refractivity contribution in [3.05, 3.63) is 33.3 Å². The molecule has 1 aromatic carbocycles. The van der Waals surface area contributed by atoms with Crippen molar-refractivity contribution in [3.8, 4) is 0 Å². The Bertz CT molecular complexity index is 399. The third-order valence-electron chi connectivity index (χ3n) is 2.52. The van der Waals surface area contributed by atoms with Crippen LogP contribution in [0.25, 0.3) is 0 Å². The minimum atomic E-state index is -0.0733. The minimum absolute atomic E-state index is 0.0733. The Labute approximate surface area is 126 Å². The third-order valence-corrected chi connectivity index (χ3v) is 3.68. The summed E-state index contributed by atoms with van der Waals surface area (Å²) in [5, 5.41) is 3.50. The van der Waals surface area contributed by atoms with E-state index < -0.39 is 0 Å². The number of hydrogen-bond acceptors (Lipinski definition) is 1. The van der Waals surface area contributed by atoms with E-state index in [9.17, 15) is 4.79 Å². The monoisotopic (exact) mass is 351 g/mol. The summed E-state index contributed by atoms with van der Waals surface area (Å²) in [4.78, 5) is 11.9. The van der Waals surface area contributed by atoms with Gasteiger partial charge in [0.05, 0.1) is 5.56 Å². The normalized spacial score (nSPS) is 10.4. The molecule has 0 aliphatic rings. The molecule has 5 heteroatoms. The van der Waals surface area contributed by atoms with Crippen LogP contribution >= 0.6 is 39.1 Å². The molecule has 18 heavy (non-hydrogen) atoms.